The Morgan fingerprint density at radius 3 is 1.98 bits per heavy atom. The van der Waals surface area contributed by atoms with Crippen molar-refractivity contribution in [2.75, 3.05) is 9.80 Å². The molecule has 0 N–H and O–H groups in total. The largest absolute Gasteiger partial charge is 0.458 e. The van der Waals surface area contributed by atoms with Gasteiger partial charge in [-0.3, -0.25) is 9.80 Å². The van der Waals surface area contributed by atoms with Crippen LogP contribution in [0.1, 0.15) is 0 Å². The fourth-order valence-electron chi connectivity index (χ4n) is 7.71. The lowest BCUT2D eigenvalue weighted by atomic mass is 9.34. The van der Waals surface area contributed by atoms with Crippen LogP contribution in [0.25, 0.3) is 21.9 Å². The zero-order valence-electron chi connectivity index (χ0n) is 27.1. The number of benzene rings is 7. The maximum atomic E-state index is 6.82. The molecule has 8 aromatic rings. The molecule has 0 unspecified atom stereocenters. The number of pyridine rings is 1. The second-order valence-corrected chi connectivity index (χ2v) is 12.8. The minimum absolute atomic E-state index is 0.0510. The van der Waals surface area contributed by atoms with Crippen molar-refractivity contribution in [1.82, 2.24) is 4.98 Å². The smallest absolute Gasteiger partial charge is 0.258 e. The number of anilines is 6. The number of fused-ring (bicyclic) bond motifs is 5. The topological polar surface area (TPSA) is 28.6 Å². The van der Waals surface area contributed by atoms with Gasteiger partial charge in [0, 0.05) is 22.7 Å². The summed E-state index contributed by atoms with van der Waals surface area (Å²) in [7, 11) is 0. The van der Waals surface area contributed by atoms with Gasteiger partial charge in [-0.2, -0.15) is 0 Å². The SMILES string of the molecule is c1ccc(N(c2ccccc2)c2ccc3c(n2)N(c2ccccc2)c2cccc4c2B3c2ccc(-c3cccc5ccccc35)cc2O4)cc1. The van der Waals surface area contributed by atoms with Gasteiger partial charge >= 0.3 is 0 Å². The zero-order chi connectivity index (χ0) is 33.0. The highest BCUT2D eigenvalue weighted by molar-refractivity contribution is 6.99. The van der Waals surface area contributed by atoms with Gasteiger partial charge in [-0.25, -0.2) is 4.98 Å². The third-order valence-corrected chi connectivity index (χ3v) is 9.90. The number of ether oxygens (including phenoxy) is 1. The Hall–Kier alpha value is -6.59. The highest BCUT2D eigenvalue weighted by atomic mass is 16.5. The van der Waals surface area contributed by atoms with Gasteiger partial charge in [-0.05, 0) is 99.0 Å². The van der Waals surface area contributed by atoms with Gasteiger partial charge < -0.3 is 4.74 Å². The lowest BCUT2D eigenvalue weighted by Crippen LogP contribution is -2.59. The normalized spacial score (nSPS) is 12.5. The number of hydrogen-bond acceptors (Lipinski definition) is 4. The Morgan fingerprint density at radius 1 is 0.540 bits per heavy atom. The first-order chi connectivity index (χ1) is 24.8. The minimum atomic E-state index is -0.0510. The first kappa shape index (κ1) is 28.4. The zero-order valence-corrected chi connectivity index (χ0v) is 27.1. The third-order valence-electron chi connectivity index (χ3n) is 9.90. The molecule has 50 heavy (non-hydrogen) atoms. The lowest BCUT2D eigenvalue weighted by molar-refractivity contribution is 0.487. The van der Waals surface area contributed by atoms with Gasteiger partial charge in [0.05, 0.1) is 0 Å². The Labute approximate surface area is 291 Å². The molecule has 0 amide bonds. The number of aromatic nitrogens is 1. The summed E-state index contributed by atoms with van der Waals surface area (Å²) in [5.41, 5.74) is 9.99. The fraction of sp³-hybridized carbons (Fsp3) is 0. The van der Waals surface area contributed by atoms with Crippen LogP contribution in [-0.4, -0.2) is 11.7 Å². The van der Waals surface area contributed by atoms with Crippen molar-refractivity contribution in [3.63, 3.8) is 0 Å². The Morgan fingerprint density at radius 2 is 1.20 bits per heavy atom. The van der Waals surface area contributed by atoms with E-state index >= 15 is 0 Å². The van der Waals surface area contributed by atoms with Gasteiger partial charge in [0.1, 0.15) is 23.1 Å². The Bertz CT molecular complexity index is 2490. The van der Waals surface area contributed by atoms with Crippen LogP contribution in [0.2, 0.25) is 0 Å². The quantitative estimate of drug-likeness (QED) is 0.175. The summed E-state index contributed by atoms with van der Waals surface area (Å²) < 4.78 is 6.82. The highest BCUT2D eigenvalue weighted by Gasteiger charge is 2.42. The molecule has 0 radical (unpaired) electrons. The number of hydrogen-bond donors (Lipinski definition) is 0. The summed E-state index contributed by atoms with van der Waals surface area (Å²) in [6.07, 6.45) is 0. The molecule has 0 saturated heterocycles. The summed E-state index contributed by atoms with van der Waals surface area (Å²) in [6, 6.07) is 64.0. The van der Waals surface area contributed by atoms with Crippen molar-refractivity contribution in [3.05, 3.63) is 182 Å². The van der Waals surface area contributed by atoms with E-state index in [2.05, 4.69) is 180 Å². The van der Waals surface area contributed by atoms with Gasteiger partial charge in [0.2, 0.25) is 0 Å². The second-order valence-electron chi connectivity index (χ2n) is 12.8. The number of nitrogens with zero attached hydrogens (tertiary/aromatic N) is 3. The van der Waals surface area contributed by atoms with E-state index in [0.717, 1.165) is 67.8 Å². The highest BCUT2D eigenvalue weighted by Crippen LogP contribution is 2.42. The molecule has 2 aliphatic heterocycles. The van der Waals surface area contributed by atoms with Crippen molar-refractivity contribution in [2.45, 2.75) is 0 Å². The number of rotatable bonds is 5. The van der Waals surface area contributed by atoms with E-state index in [1.165, 1.54) is 16.3 Å². The summed E-state index contributed by atoms with van der Waals surface area (Å²) >= 11 is 0. The van der Waals surface area contributed by atoms with E-state index in [1.807, 2.05) is 12.1 Å². The molecule has 7 aromatic carbocycles. The van der Waals surface area contributed by atoms with E-state index in [0.29, 0.717) is 0 Å². The van der Waals surface area contributed by atoms with E-state index < -0.39 is 0 Å². The summed E-state index contributed by atoms with van der Waals surface area (Å²) in [5, 5.41) is 2.45. The Kier molecular flexibility index (Phi) is 6.56. The van der Waals surface area contributed by atoms with Gasteiger partial charge in [0.25, 0.3) is 6.71 Å². The monoisotopic (exact) mass is 639 g/mol. The molecule has 0 bridgehead atoms. The third kappa shape index (κ3) is 4.51. The average molecular weight is 640 g/mol. The molecule has 234 valence electrons. The maximum absolute atomic E-state index is 6.82. The molecular weight excluding hydrogens is 609 g/mol. The molecule has 0 aliphatic carbocycles. The molecule has 10 rings (SSSR count). The molecule has 0 atom stereocenters. The molecule has 0 saturated carbocycles. The first-order valence-corrected chi connectivity index (χ1v) is 17.0. The van der Waals surface area contributed by atoms with Crippen LogP contribution in [0.5, 0.6) is 11.5 Å². The van der Waals surface area contributed by atoms with Crippen LogP contribution in [0.4, 0.5) is 34.4 Å². The fourth-order valence-corrected chi connectivity index (χ4v) is 7.71. The van der Waals surface area contributed by atoms with Crippen LogP contribution < -0.4 is 30.9 Å². The average Bonchev–Trinajstić information content (AvgIpc) is 3.18. The van der Waals surface area contributed by atoms with E-state index in [-0.39, 0.29) is 6.71 Å². The molecule has 4 nitrogen and oxygen atoms in total. The summed E-state index contributed by atoms with van der Waals surface area (Å²) in [6.45, 7) is -0.0510. The van der Waals surface area contributed by atoms with Crippen molar-refractivity contribution in [3.8, 4) is 22.6 Å². The molecule has 3 heterocycles. The van der Waals surface area contributed by atoms with Crippen LogP contribution in [0, 0.1) is 0 Å². The van der Waals surface area contributed by atoms with Crippen molar-refractivity contribution in [1.29, 1.82) is 0 Å². The van der Waals surface area contributed by atoms with Crippen molar-refractivity contribution >= 4 is 68.3 Å². The molecule has 2 aliphatic rings. The summed E-state index contributed by atoms with van der Waals surface area (Å²) in [4.78, 5) is 10.1. The van der Waals surface area contributed by atoms with Crippen molar-refractivity contribution in [2.24, 2.45) is 0 Å². The van der Waals surface area contributed by atoms with Gasteiger partial charge in [-0.15, -0.1) is 0 Å². The number of para-hydroxylation sites is 3. The van der Waals surface area contributed by atoms with Gasteiger partial charge in [-0.1, -0.05) is 121 Å². The molecule has 1 aromatic heterocycles. The standard InChI is InChI=1S/C45H30BN3O/c1-4-16-33(17-5-1)48(34-18-6-2-7-19-34)43-29-28-39-45(47-43)49(35-20-8-3-9-21-35)40-24-13-25-41-44(40)46(39)38-27-26-32(30-42(38)50-41)37-23-12-15-31-14-10-11-22-36(31)37/h1-30H. The molecule has 0 spiro atoms. The van der Waals surface area contributed by atoms with Crippen LogP contribution >= 0.6 is 0 Å². The lowest BCUT2D eigenvalue weighted by Gasteiger charge is -2.39. The van der Waals surface area contributed by atoms with Gasteiger partial charge in [0.15, 0.2) is 0 Å². The second kappa shape index (κ2) is 11.5. The van der Waals surface area contributed by atoms with E-state index in [9.17, 15) is 0 Å². The maximum Gasteiger partial charge on any atom is 0.258 e. The Balaban J connectivity index is 1.19. The van der Waals surface area contributed by atoms with Crippen LogP contribution in [0.15, 0.2) is 182 Å². The van der Waals surface area contributed by atoms with Crippen LogP contribution in [0.3, 0.4) is 0 Å². The van der Waals surface area contributed by atoms with E-state index in [1.54, 1.807) is 0 Å². The molecule has 5 heteroatoms. The predicted octanol–water partition coefficient (Wildman–Crippen LogP) is 9.78. The minimum Gasteiger partial charge on any atom is -0.458 e. The molecular formula is C45H30BN3O. The molecule has 0 fully saturated rings. The first-order valence-electron chi connectivity index (χ1n) is 17.0. The van der Waals surface area contributed by atoms with Crippen molar-refractivity contribution < 1.29 is 4.74 Å². The van der Waals surface area contributed by atoms with E-state index in [4.69, 9.17) is 9.72 Å². The predicted molar refractivity (Wildman–Crippen MR) is 208 cm³/mol. The van der Waals surface area contributed by atoms with Crippen LogP contribution in [-0.2, 0) is 0 Å². The summed E-state index contributed by atoms with van der Waals surface area (Å²) in [5.74, 6) is 3.51.